The predicted octanol–water partition coefficient (Wildman–Crippen LogP) is -1.99. The van der Waals surface area contributed by atoms with Crippen LogP contribution in [0.5, 0.6) is 0 Å². The van der Waals surface area contributed by atoms with Crippen molar-refractivity contribution in [1.82, 2.24) is 0 Å². The van der Waals surface area contributed by atoms with Crippen molar-refractivity contribution < 1.29 is 53.2 Å². The first-order chi connectivity index (χ1) is 7.87. The molecule has 0 spiro atoms. The molecule has 0 aromatic rings. The molecular weight excluding hydrogens is 298 g/mol. The van der Waals surface area contributed by atoms with E-state index in [0.717, 1.165) is 0 Å². The summed E-state index contributed by atoms with van der Waals surface area (Å²) in [4.78, 5) is 56.2. The second-order valence-electron chi connectivity index (χ2n) is 3.03. The fraction of sp³-hybridized carbons (Fsp3) is 0.600. The molecule has 0 atom stereocenters. The van der Waals surface area contributed by atoms with Crippen LogP contribution in [0, 0.1) is 0 Å². The van der Waals surface area contributed by atoms with Gasteiger partial charge in [0.15, 0.2) is 0 Å². The van der Waals surface area contributed by atoms with E-state index in [0.29, 0.717) is 0 Å². The van der Waals surface area contributed by atoms with E-state index in [1.165, 1.54) is 0 Å². The van der Waals surface area contributed by atoms with Crippen molar-refractivity contribution in [3.63, 3.8) is 0 Å². The molecular formula is C5H10O11P2. The highest BCUT2D eigenvalue weighted by Crippen LogP contribution is 2.69. The first-order valence-corrected chi connectivity index (χ1v) is 7.25. The summed E-state index contributed by atoms with van der Waals surface area (Å²) in [6.45, 7) is -1.88. The van der Waals surface area contributed by atoms with Gasteiger partial charge in [-0.05, 0) is 0 Å². The molecule has 0 aromatic carbocycles. The minimum atomic E-state index is -5.77. The van der Waals surface area contributed by atoms with Gasteiger partial charge in [0.2, 0.25) is 0 Å². The minimum absolute atomic E-state index is 1.39. The SMILES string of the molecule is O=C(O)CC(=O)OC(CO)(P(=O)(O)O)P(=O)(O)O. The van der Waals surface area contributed by atoms with Crippen molar-refractivity contribution in [3.05, 3.63) is 0 Å². The van der Waals surface area contributed by atoms with Crippen LogP contribution < -0.4 is 0 Å². The molecule has 6 N–H and O–H groups in total. The molecule has 0 aliphatic rings. The Kier molecular flexibility index (Phi) is 5.21. The third-order valence-electron chi connectivity index (χ3n) is 1.69. The highest BCUT2D eigenvalue weighted by molar-refractivity contribution is 7.72. The van der Waals surface area contributed by atoms with Crippen LogP contribution in [0.25, 0.3) is 0 Å². The first-order valence-electron chi connectivity index (χ1n) is 4.03. The number of carbonyl (C=O) groups is 2. The quantitative estimate of drug-likeness (QED) is 0.180. The Morgan fingerprint density at radius 3 is 1.67 bits per heavy atom. The van der Waals surface area contributed by atoms with Gasteiger partial charge < -0.3 is 34.5 Å². The smallest absolute Gasteiger partial charge is 0.384 e. The van der Waals surface area contributed by atoms with Gasteiger partial charge in [0.05, 0.1) is 0 Å². The lowest BCUT2D eigenvalue weighted by atomic mass is 10.4. The van der Waals surface area contributed by atoms with Crippen LogP contribution in [0.3, 0.4) is 0 Å². The minimum Gasteiger partial charge on any atom is -0.481 e. The van der Waals surface area contributed by atoms with E-state index in [9.17, 15) is 18.7 Å². The molecule has 0 rings (SSSR count). The van der Waals surface area contributed by atoms with Gasteiger partial charge in [-0.25, -0.2) is 0 Å². The Morgan fingerprint density at radius 1 is 1.06 bits per heavy atom. The third-order valence-corrected chi connectivity index (χ3v) is 5.54. The fourth-order valence-corrected chi connectivity index (χ4v) is 3.01. The lowest BCUT2D eigenvalue weighted by Gasteiger charge is -2.31. The Hall–Kier alpha value is -0.800. The molecule has 106 valence electrons. The molecule has 0 saturated carbocycles. The number of carboxylic acid groups (broad SMARTS) is 1. The van der Waals surface area contributed by atoms with Gasteiger partial charge in [0.25, 0.3) is 0 Å². The third kappa shape index (κ3) is 3.59. The maximum absolute atomic E-state index is 11.0. The first kappa shape index (κ1) is 17.2. The number of carboxylic acids is 1. The lowest BCUT2D eigenvalue weighted by molar-refractivity contribution is -0.157. The summed E-state index contributed by atoms with van der Waals surface area (Å²) in [5.41, 5.74) is 0. The van der Waals surface area contributed by atoms with Crippen LogP contribution in [0.4, 0.5) is 0 Å². The number of aliphatic carboxylic acids is 1. The average molecular weight is 308 g/mol. The second-order valence-corrected chi connectivity index (χ2v) is 7.01. The Labute approximate surface area is 99.3 Å². The van der Waals surface area contributed by atoms with Crippen LogP contribution in [-0.4, -0.2) is 53.4 Å². The highest BCUT2D eigenvalue weighted by Gasteiger charge is 2.64. The van der Waals surface area contributed by atoms with Crippen LogP contribution >= 0.6 is 15.2 Å². The molecule has 0 fully saturated rings. The van der Waals surface area contributed by atoms with Crippen LogP contribution in [-0.2, 0) is 23.5 Å². The van der Waals surface area contributed by atoms with E-state index in [2.05, 4.69) is 4.74 Å². The van der Waals surface area contributed by atoms with Crippen LogP contribution in [0.1, 0.15) is 6.42 Å². The van der Waals surface area contributed by atoms with Gasteiger partial charge in [-0.1, -0.05) is 0 Å². The summed E-state index contributed by atoms with van der Waals surface area (Å²) in [6, 6.07) is 0. The van der Waals surface area contributed by atoms with Crippen molar-refractivity contribution in [1.29, 1.82) is 0 Å². The maximum Gasteiger partial charge on any atom is 0.384 e. The van der Waals surface area contributed by atoms with Gasteiger partial charge in [-0.3, -0.25) is 18.7 Å². The Morgan fingerprint density at radius 2 is 1.44 bits per heavy atom. The van der Waals surface area contributed by atoms with Crippen LogP contribution in [0.15, 0.2) is 0 Å². The Balaban J connectivity index is 5.52. The van der Waals surface area contributed by atoms with Gasteiger partial charge in [-0.2, -0.15) is 0 Å². The Bertz CT molecular complexity index is 407. The molecule has 0 radical (unpaired) electrons. The van der Waals surface area contributed by atoms with Gasteiger partial charge in [0.1, 0.15) is 13.0 Å². The lowest BCUT2D eigenvalue weighted by Crippen LogP contribution is -2.39. The number of aliphatic hydroxyl groups is 1. The van der Waals surface area contributed by atoms with E-state index in [1.54, 1.807) is 0 Å². The number of rotatable bonds is 6. The maximum atomic E-state index is 11.0. The molecule has 0 unspecified atom stereocenters. The molecule has 0 bridgehead atoms. The standard InChI is InChI=1S/C5H10O11P2/c6-2-5(17(10,11)12,18(13,14)15)16-4(9)1-3(7)8/h6H,1-2H2,(H,7,8)(H2,10,11,12)(H2,13,14,15). The van der Waals surface area contributed by atoms with Crippen molar-refractivity contribution in [3.8, 4) is 0 Å². The molecule has 0 heterocycles. The summed E-state index contributed by atoms with van der Waals surface area (Å²) in [5.74, 6) is -3.56. The van der Waals surface area contributed by atoms with E-state index in [1.807, 2.05) is 0 Å². The summed E-state index contributed by atoms with van der Waals surface area (Å²) >= 11 is 0. The number of hydrogen-bond donors (Lipinski definition) is 6. The molecule has 0 aliphatic heterocycles. The molecule has 0 amide bonds. The van der Waals surface area contributed by atoms with Crippen LogP contribution in [0.2, 0.25) is 0 Å². The number of aliphatic hydroxyl groups excluding tert-OH is 1. The van der Waals surface area contributed by atoms with E-state index >= 15 is 0 Å². The summed E-state index contributed by atoms with van der Waals surface area (Å²) in [7, 11) is -11.5. The zero-order valence-electron chi connectivity index (χ0n) is 8.53. The number of ether oxygens (including phenoxy) is 1. The second kappa shape index (κ2) is 5.45. The molecule has 13 heteroatoms. The zero-order chi connectivity index (χ0) is 14.8. The van der Waals surface area contributed by atoms with E-state index in [-0.39, 0.29) is 0 Å². The summed E-state index contributed by atoms with van der Waals surface area (Å²) in [6.07, 6.45) is -1.39. The number of esters is 1. The normalized spacial score (nSPS) is 13.2. The highest BCUT2D eigenvalue weighted by atomic mass is 31.2. The van der Waals surface area contributed by atoms with E-state index in [4.69, 9.17) is 29.8 Å². The van der Waals surface area contributed by atoms with Gasteiger partial charge >= 0.3 is 32.2 Å². The molecule has 0 aliphatic carbocycles. The van der Waals surface area contributed by atoms with Crippen molar-refractivity contribution >= 4 is 27.1 Å². The zero-order valence-corrected chi connectivity index (χ0v) is 10.3. The molecule has 11 nitrogen and oxygen atoms in total. The number of carbonyl (C=O) groups excluding carboxylic acids is 1. The van der Waals surface area contributed by atoms with Crippen molar-refractivity contribution in [2.45, 2.75) is 11.5 Å². The van der Waals surface area contributed by atoms with Crippen molar-refractivity contribution in [2.24, 2.45) is 0 Å². The monoisotopic (exact) mass is 308 g/mol. The van der Waals surface area contributed by atoms with Crippen molar-refractivity contribution in [2.75, 3.05) is 6.61 Å². The fourth-order valence-electron chi connectivity index (χ4n) is 0.847. The molecule has 18 heavy (non-hydrogen) atoms. The number of hydrogen-bond acceptors (Lipinski definition) is 6. The average Bonchev–Trinajstić information content (AvgIpc) is 2.08. The van der Waals surface area contributed by atoms with Gasteiger partial charge in [0, 0.05) is 0 Å². The van der Waals surface area contributed by atoms with E-state index < -0.39 is 45.2 Å². The largest absolute Gasteiger partial charge is 0.481 e. The summed E-state index contributed by atoms with van der Waals surface area (Å²) < 4.78 is 25.8. The topological polar surface area (TPSA) is 199 Å². The van der Waals surface area contributed by atoms with Gasteiger partial charge in [-0.15, -0.1) is 0 Å². The molecule has 0 aromatic heterocycles. The predicted molar refractivity (Wildman–Crippen MR) is 52.2 cm³/mol. The summed E-state index contributed by atoms with van der Waals surface area (Å²) in [5, 5.41) is 13.1. The molecule has 0 saturated heterocycles.